The van der Waals surface area contributed by atoms with Crippen molar-refractivity contribution >= 4 is 29.4 Å². The van der Waals surface area contributed by atoms with Gasteiger partial charge in [-0.15, -0.1) is 0 Å². The Morgan fingerprint density at radius 3 is 2.10 bits per heavy atom. The van der Waals surface area contributed by atoms with Crippen molar-refractivity contribution in [3.8, 4) is 0 Å². The van der Waals surface area contributed by atoms with Gasteiger partial charge in [0.05, 0.1) is 6.42 Å². The zero-order chi connectivity index (χ0) is 21.6. The third kappa shape index (κ3) is 6.30. The maximum atomic E-state index is 12.3. The minimum atomic E-state index is -0.962. The molecule has 1 aliphatic rings. The molecule has 29 heavy (non-hydrogen) atoms. The number of ether oxygens (including phenoxy) is 1. The van der Waals surface area contributed by atoms with Gasteiger partial charge in [-0.25, -0.2) is 0 Å². The number of esters is 1. The molecule has 8 heteroatoms. The van der Waals surface area contributed by atoms with E-state index >= 15 is 0 Å². The van der Waals surface area contributed by atoms with Crippen LogP contribution in [0.15, 0.2) is 18.2 Å². The number of rotatable bonds is 6. The lowest BCUT2D eigenvalue weighted by Gasteiger charge is -2.34. The maximum absolute atomic E-state index is 12.3. The molecular formula is C21H29N3O5. The van der Waals surface area contributed by atoms with E-state index in [0.29, 0.717) is 31.9 Å². The van der Waals surface area contributed by atoms with E-state index in [2.05, 4.69) is 5.32 Å². The third-order valence-electron chi connectivity index (χ3n) is 5.03. The lowest BCUT2D eigenvalue weighted by atomic mass is 10.1. The highest BCUT2D eigenvalue weighted by Crippen LogP contribution is 2.20. The number of amides is 3. The number of aryl methyl sites for hydroxylation is 2. The molecule has 1 aliphatic heterocycles. The summed E-state index contributed by atoms with van der Waals surface area (Å²) in [6, 6.07) is 5.68. The molecule has 8 nitrogen and oxygen atoms in total. The number of anilines is 1. The summed E-state index contributed by atoms with van der Waals surface area (Å²) in [6.45, 7) is 8.71. The Morgan fingerprint density at radius 1 is 1.00 bits per heavy atom. The summed E-state index contributed by atoms with van der Waals surface area (Å²) in [6.07, 6.45) is -1.03. The molecule has 0 spiro atoms. The first-order chi connectivity index (χ1) is 13.7. The standard InChI is InChI=1S/C21H29N3O5/c1-14-6-5-7-15(2)20(14)22-21(28)16(3)29-19(27)9-8-18(26)24-12-10-23(11-13-24)17(4)25/h5-7,16H,8-13H2,1-4H3,(H,22,28)/t16-/m1/s1. The van der Waals surface area contributed by atoms with E-state index in [1.54, 1.807) is 9.80 Å². The quantitative estimate of drug-likeness (QED) is 0.729. The molecule has 0 radical (unpaired) electrons. The SMILES string of the molecule is CC(=O)N1CCN(C(=O)CCC(=O)O[C@H](C)C(=O)Nc2c(C)cccc2C)CC1. The predicted octanol–water partition coefficient (Wildman–Crippen LogP) is 1.64. The van der Waals surface area contributed by atoms with Gasteiger partial charge in [0.2, 0.25) is 11.8 Å². The summed E-state index contributed by atoms with van der Waals surface area (Å²) in [7, 11) is 0. The van der Waals surface area contributed by atoms with Crippen molar-refractivity contribution in [1.29, 1.82) is 0 Å². The molecule has 2 rings (SSSR count). The first-order valence-electron chi connectivity index (χ1n) is 9.79. The van der Waals surface area contributed by atoms with Gasteiger partial charge in [0.1, 0.15) is 0 Å². The summed E-state index contributed by atoms with van der Waals surface area (Å²) in [4.78, 5) is 51.3. The molecule has 1 fully saturated rings. The smallest absolute Gasteiger partial charge is 0.307 e. The molecule has 0 aliphatic carbocycles. The molecule has 0 saturated carbocycles. The fourth-order valence-corrected chi connectivity index (χ4v) is 3.18. The van der Waals surface area contributed by atoms with Crippen molar-refractivity contribution in [2.45, 2.75) is 46.6 Å². The molecule has 1 aromatic carbocycles. The van der Waals surface area contributed by atoms with Crippen molar-refractivity contribution in [1.82, 2.24) is 9.80 Å². The van der Waals surface area contributed by atoms with Gasteiger partial charge in [0, 0.05) is 45.2 Å². The number of hydrogen-bond acceptors (Lipinski definition) is 5. The summed E-state index contributed by atoms with van der Waals surface area (Å²) >= 11 is 0. The van der Waals surface area contributed by atoms with Crippen molar-refractivity contribution in [2.24, 2.45) is 0 Å². The molecular weight excluding hydrogens is 374 g/mol. The van der Waals surface area contributed by atoms with Crippen LogP contribution >= 0.6 is 0 Å². The number of carbonyl (C=O) groups excluding carboxylic acids is 4. The van der Waals surface area contributed by atoms with Gasteiger partial charge in [0.15, 0.2) is 6.10 Å². The van der Waals surface area contributed by atoms with E-state index in [9.17, 15) is 19.2 Å². The average molecular weight is 403 g/mol. The first kappa shape index (κ1) is 22.4. The van der Waals surface area contributed by atoms with Crippen LogP contribution in [0.25, 0.3) is 0 Å². The lowest BCUT2D eigenvalue weighted by molar-refractivity contribution is -0.154. The zero-order valence-electron chi connectivity index (χ0n) is 17.5. The minimum Gasteiger partial charge on any atom is -0.453 e. The van der Waals surface area contributed by atoms with Gasteiger partial charge in [-0.3, -0.25) is 19.2 Å². The van der Waals surface area contributed by atoms with Gasteiger partial charge >= 0.3 is 5.97 Å². The third-order valence-corrected chi connectivity index (χ3v) is 5.03. The molecule has 0 bridgehead atoms. The van der Waals surface area contributed by atoms with Crippen LogP contribution in [0.5, 0.6) is 0 Å². The highest BCUT2D eigenvalue weighted by atomic mass is 16.5. The Bertz CT molecular complexity index is 764. The summed E-state index contributed by atoms with van der Waals surface area (Å²) in [5.41, 5.74) is 2.56. The van der Waals surface area contributed by atoms with Crippen molar-refractivity contribution < 1.29 is 23.9 Å². The Kier molecular flexibility index (Phi) is 7.75. The highest BCUT2D eigenvalue weighted by Gasteiger charge is 2.24. The number of benzene rings is 1. The van der Waals surface area contributed by atoms with Crippen molar-refractivity contribution in [3.05, 3.63) is 29.3 Å². The van der Waals surface area contributed by atoms with Crippen LogP contribution in [0.1, 0.15) is 37.8 Å². The maximum Gasteiger partial charge on any atom is 0.307 e. The molecule has 1 N–H and O–H groups in total. The van der Waals surface area contributed by atoms with Crippen molar-refractivity contribution in [3.63, 3.8) is 0 Å². The first-order valence-corrected chi connectivity index (χ1v) is 9.79. The molecule has 158 valence electrons. The second-order valence-corrected chi connectivity index (χ2v) is 7.28. The van der Waals surface area contributed by atoms with E-state index < -0.39 is 18.0 Å². The topological polar surface area (TPSA) is 96.0 Å². The zero-order valence-corrected chi connectivity index (χ0v) is 17.5. The van der Waals surface area contributed by atoms with Crippen LogP contribution in [0.2, 0.25) is 0 Å². The van der Waals surface area contributed by atoms with Crippen LogP contribution in [0, 0.1) is 13.8 Å². The number of hydrogen-bond donors (Lipinski definition) is 1. The molecule has 1 heterocycles. The number of para-hydroxylation sites is 1. The van der Waals surface area contributed by atoms with E-state index in [0.717, 1.165) is 11.1 Å². The second kappa shape index (κ2) is 10.0. The van der Waals surface area contributed by atoms with Gasteiger partial charge in [-0.1, -0.05) is 18.2 Å². The van der Waals surface area contributed by atoms with Crippen LogP contribution in [0.4, 0.5) is 5.69 Å². The van der Waals surface area contributed by atoms with Gasteiger partial charge in [-0.2, -0.15) is 0 Å². The summed E-state index contributed by atoms with van der Waals surface area (Å²) in [5.74, 6) is -1.17. The van der Waals surface area contributed by atoms with Crippen LogP contribution in [0.3, 0.4) is 0 Å². The van der Waals surface area contributed by atoms with Crippen LogP contribution in [-0.4, -0.2) is 65.8 Å². The number of nitrogens with one attached hydrogen (secondary N) is 1. The monoisotopic (exact) mass is 403 g/mol. The number of nitrogens with zero attached hydrogens (tertiary/aromatic N) is 2. The summed E-state index contributed by atoms with van der Waals surface area (Å²) in [5, 5.41) is 2.79. The largest absolute Gasteiger partial charge is 0.453 e. The Labute approximate surface area is 171 Å². The number of piperazine rings is 1. The van der Waals surface area contributed by atoms with E-state index in [1.165, 1.54) is 13.8 Å². The van der Waals surface area contributed by atoms with Gasteiger partial charge < -0.3 is 19.9 Å². The molecule has 1 saturated heterocycles. The van der Waals surface area contributed by atoms with Crippen molar-refractivity contribution in [2.75, 3.05) is 31.5 Å². The van der Waals surface area contributed by atoms with Gasteiger partial charge in [-0.05, 0) is 31.9 Å². The molecule has 0 unspecified atom stereocenters. The number of carbonyl (C=O) groups is 4. The fraction of sp³-hybridized carbons (Fsp3) is 0.524. The second-order valence-electron chi connectivity index (χ2n) is 7.28. The van der Waals surface area contributed by atoms with E-state index in [1.807, 2.05) is 32.0 Å². The molecule has 0 aromatic heterocycles. The van der Waals surface area contributed by atoms with Gasteiger partial charge in [0.25, 0.3) is 5.91 Å². The molecule has 3 amide bonds. The molecule has 1 aromatic rings. The molecule has 1 atom stereocenters. The minimum absolute atomic E-state index is 0.00571. The fourth-order valence-electron chi connectivity index (χ4n) is 3.18. The van der Waals surface area contributed by atoms with Crippen LogP contribution < -0.4 is 5.32 Å². The predicted molar refractivity (Wildman–Crippen MR) is 108 cm³/mol. The highest BCUT2D eigenvalue weighted by molar-refractivity contribution is 5.96. The Morgan fingerprint density at radius 2 is 1.55 bits per heavy atom. The normalized spacial score (nSPS) is 14.9. The lowest BCUT2D eigenvalue weighted by Crippen LogP contribution is -2.50. The van der Waals surface area contributed by atoms with E-state index in [4.69, 9.17) is 4.74 Å². The van der Waals surface area contributed by atoms with Crippen LogP contribution in [-0.2, 0) is 23.9 Å². The average Bonchev–Trinajstić information content (AvgIpc) is 2.68. The summed E-state index contributed by atoms with van der Waals surface area (Å²) < 4.78 is 5.18. The van der Waals surface area contributed by atoms with E-state index in [-0.39, 0.29) is 24.7 Å². The Balaban J connectivity index is 1.76. The Hall–Kier alpha value is -2.90.